The van der Waals surface area contributed by atoms with Crippen molar-refractivity contribution in [3.8, 4) is 0 Å². The molecule has 0 aromatic rings. The number of nitrogens with zero attached hydrogens (tertiary/aromatic N) is 1. The molecule has 42 heavy (non-hydrogen) atoms. The fourth-order valence-corrected chi connectivity index (χ4v) is 4.76. The van der Waals surface area contributed by atoms with E-state index in [1.165, 1.54) is 64.7 Å². The van der Waals surface area contributed by atoms with E-state index in [1.54, 1.807) is 0 Å². The molecule has 0 heterocycles. The van der Waals surface area contributed by atoms with Gasteiger partial charge < -0.3 is 35.8 Å². The number of carbonyl (C=O) groups excluding carboxylic acids is 2. The van der Waals surface area contributed by atoms with Gasteiger partial charge in [-0.2, -0.15) is 0 Å². The maximum atomic E-state index is 12.0. The third kappa shape index (κ3) is 30.7. The number of hydrogen-bond donors (Lipinski definition) is 0. The van der Waals surface area contributed by atoms with E-state index in [1.807, 2.05) is 0 Å². The van der Waals surface area contributed by atoms with Gasteiger partial charge in [-0.05, 0) is 37.0 Å². The average molecular weight is 622 g/mol. The Kier molecular flexibility index (Phi) is 27.5. The van der Waals surface area contributed by atoms with Crippen molar-refractivity contribution in [3.63, 3.8) is 0 Å². The van der Waals surface area contributed by atoms with Crippen LogP contribution in [-0.4, -0.2) is 89.7 Å². The second-order valence-electron chi connectivity index (χ2n) is 14.1. The summed E-state index contributed by atoms with van der Waals surface area (Å²) >= 11 is 0. The lowest BCUT2D eigenvalue weighted by Crippen LogP contribution is -3.00. The zero-order chi connectivity index (χ0) is 31.1. The predicted octanol–water partition coefficient (Wildman–Crippen LogP) is 4.10. The van der Waals surface area contributed by atoms with E-state index in [0.717, 1.165) is 35.2 Å². The Bertz CT molecular complexity index is 654. The molecule has 0 bridgehead atoms. The molecule has 0 N–H and O–H groups in total. The van der Waals surface area contributed by atoms with E-state index >= 15 is 0 Å². The Morgan fingerprint density at radius 2 is 1.07 bits per heavy atom. The van der Waals surface area contributed by atoms with Crippen LogP contribution < -0.4 is 12.4 Å². The predicted molar refractivity (Wildman–Crippen MR) is 169 cm³/mol. The summed E-state index contributed by atoms with van der Waals surface area (Å²) in [5, 5.41) is 0. The summed E-state index contributed by atoms with van der Waals surface area (Å²) in [5.41, 5.74) is 0. The first kappa shape index (κ1) is 43.4. The van der Waals surface area contributed by atoms with Crippen LogP contribution in [0.5, 0.6) is 0 Å². The fourth-order valence-electron chi connectivity index (χ4n) is 4.76. The summed E-state index contributed by atoms with van der Waals surface area (Å²) in [6.45, 7) is 16.8. The van der Waals surface area contributed by atoms with Crippen molar-refractivity contribution in [2.24, 2.45) is 23.7 Å². The van der Waals surface area contributed by atoms with Crippen LogP contribution in [-0.2, 0) is 28.5 Å². The van der Waals surface area contributed by atoms with Crippen LogP contribution in [0, 0.1) is 23.7 Å². The molecule has 0 aliphatic rings. The molecule has 0 fully saturated rings. The minimum atomic E-state index is -0.531. The number of halogens is 1. The number of hydrogen-bond acceptors (Lipinski definition) is 6. The van der Waals surface area contributed by atoms with Crippen molar-refractivity contribution in [1.82, 2.24) is 0 Å². The van der Waals surface area contributed by atoms with Crippen LogP contribution in [0.15, 0.2) is 0 Å². The number of rotatable bonds is 28. The zero-order valence-corrected chi connectivity index (χ0v) is 29.6. The van der Waals surface area contributed by atoms with Gasteiger partial charge in [-0.3, -0.25) is 9.59 Å². The number of ketones is 1. The average Bonchev–Trinajstić information content (AvgIpc) is 2.84. The van der Waals surface area contributed by atoms with Crippen LogP contribution >= 0.6 is 0 Å². The molecule has 0 spiro atoms. The van der Waals surface area contributed by atoms with E-state index in [2.05, 4.69) is 55.8 Å². The number of quaternary nitrogens is 1. The van der Waals surface area contributed by atoms with E-state index in [-0.39, 0.29) is 37.8 Å². The van der Waals surface area contributed by atoms with Gasteiger partial charge in [0.2, 0.25) is 0 Å². The third-order valence-electron chi connectivity index (χ3n) is 7.60. The summed E-state index contributed by atoms with van der Waals surface area (Å²) < 4.78 is 23.5. The number of ether oxygens (including phenoxy) is 4. The van der Waals surface area contributed by atoms with Crippen molar-refractivity contribution in [2.75, 3.05) is 67.3 Å². The minimum Gasteiger partial charge on any atom is -1.00 e. The van der Waals surface area contributed by atoms with Gasteiger partial charge in [0.1, 0.15) is 24.9 Å². The van der Waals surface area contributed by atoms with Crippen LogP contribution in [0.3, 0.4) is 0 Å². The maximum Gasteiger partial charge on any atom is 0.313 e. The van der Waals surface area contributed by atoms with Gasteiger partial charge >= 0.3 is 5.97 Å². The van der Waals surface area contributed by atoms with Gasteiger partial charge in [0.25, 0.3) is 0 Å². The first-order chi connectivity index (χ1) is 19.3. The number of likely N-dealkylation sites (N-methyl/N-ethyl adjacent to an activating group) is 1. The lowest BCUT2D eigenvalue weighted by atomic mass is 9.91. The van der Waals surface area contributed by atoms with Crippen molar-refractivity contribution >= 4 is 11.8 Å². The lowest BCUT2D eigenvalue weighted by molar-refractivity contribution is -0.870. The highest BCUT2D eigenvalue weighted by Crippen LogP contribution is 2.22. The highest BCUT2D eigenvalue weighted by molar-refractivity contribution is 5.94. The Hall–Kier alpha value is -0.730. The standard InChI is InChI=1S/C34H68NO6.ClH/c1-28(2)13-10-14-29(3)15-11-16-30(4)17-12-18-31(5)19-21-39-26-33(41-34(37)25-32(6)36)27-40-24-23-38-22-20-35(7,8)9;/h28-31,33H,10-27H2,1-9H3;1H/q+1;/p-1. The van der Waals surface area contributed by atoms with Gasteiger partial charge in [-0.1, -0.05) is 92.4 Å². The van der Waals surface area contributed by atoms with Gasteiger partial charge in [0.15, 0.2) is 0 Å². The third-order valence-corrected chi connectivity index (χ3v) is 7.60. The first-order valence-electron chi connectivity index (χ1n) is 16.5. The van der Waals surface area contributed by atoms with Crippen molar-refractivity contribution in [3.05, 3.63) is 0 Å². The zero-order valence-electron chi connectivity index (χ0n) is 28.9. The summed E-state index contributed by atoms with van der Waals surface area (Å²) in [5.74, 6) is 2.35. The second kappa shape index (κ2) is 26.7. The largest absolute Gasteiger partial charge is 1.00 e. The molecule has 0 saturated heterocycles. The number of carbonyl (C=O) groups is 2. The van der Waals surface area contributed by atoms with Crippen LogP contribution in [0.25, 0.3) is 0 Å². The molecule has 252 valence electrons. The molecule has 0 rings (SSSR count). The SMILES string of the molecule is CC(=O)CC(=O)OC(COCCOCC[N+](C)(C)C)COCCC(C)CCCC(C)CCCC(C)CCCC(C)C.[Cl-]. The highest BCUT2D eigenvalue weighted by atomic mass is 35.5. The van der Waals surface area contributed by atoms with E-state index < -0.39 is 12.1 Å². The maximum absolute atomic E-state index is 12.0. The molecule has 0 saturated carbocycles. The summed E-state index contributed by atoms with van der Waals surface area (Å²) in [6.07, 6.45) is 12.2. The van der Waals surface area contributed by atoms with Crippen LogP contribution in [0.2, 0.25) is 0 Å². The molecule has 0 aromatic carbocycles. The Morgan fingerprint density at radius 1 is 0.619 bits per heavy atom. The molecule has 4 unspecified atom stereocenters. The first-order valence-corrected chi connectivity index (χ1v) is 16.5. The van der Waals surface area contributed by atoms with E-state index in [9.17, 15) is 9.59 Å². The fraction of sp³-hybridized carbons (Fsp3) is 0.941. The molecular formula is C34H68ClNO6. The number of esters is 1. The Balaban J connectivity index is 0. The summed E-state index contributed by atoms with van der Waals surface area (Å²) in [7, 11) is 6.38. The van der Waals surface area contributed by atoms with Gasteiger partial charge in [-0.15, -0.1) is 0 Å². The molecule has 7 nitrogen and oxygen atoms in total. The highest BCUT2D eigenvalue weighted by Gasteiger charge is 2.17. The summed E-state index contributed by atoms with van der Waals surface area (Å²) in [4.78, 5) is 23.3. The van der Waals surface area contributed by atoms with Gasteiger partial charge in [0, 0.05) is 6.61 Å². The van der Waals surface area contributed by atoms with Crippen molar-refractivity contribution in [2.45, 2.75) is 118 Å². The molecule has 4 atom stereocenters. The minimum absolute atomic E-state index is 0. The van der Waals surface area contributed by atoms with Gasteiger partial charge in [-0.25, -0.2) is 0 Å². The molecule has 0 amide bonds. The summed E-state index contributed by atoms with van der Waals surface area (Å²) in [6, 6.07) is 0. The molecule has 0 radical (unpaired) electrons. The Labute approximate surface area is 266 Å². The van der Waals surface area contributed by atoms with Crippen LogP contribution in [0.4, 0.5) is 0 Å². The second-order valence-corrected chi connectivity index (χ2v) is 14.1. The Morgan fingerprint density at radius 3 is 1.55 bits per heavy atom. The van der Waals surface area contributed by atoms with Crippen LogP contribution in [0.1, 0.15) is 112 Å². The molecule has 8 heteroatoms. The van der Waals surface area contributed by atoms with E-state index in [4.69, 9.17) is 18.9 Å². The molecule has 0 aromatic heterocycles. The smallest absolute Gasteiger partial charge is 0.313 e. The van der Waals surface area contributed by atoms with Crippen molar-refractivity contribution < 1.29 is 45.4 Å². The van der Waals surface area contributed by atoms with Crippen molar-refractivity contribution in [1.29, 1.82) is 0 Å². The molecular weight excluding hydrogens is 554 g/mol. The van der Waals surface area contributed by atoms with E-state index in [0.29, 0.717) is 32.3 Å². The van der Waals surface area contributed by atoms with Gasteiger partial charge in [0.05, 0.1) is 54.2 Å². The topological polar surface area (TPSA) is 71.1 Å². The monoisotopic (exact) mass is 621 g/mol. The quantitative estimate of drug-likeness (QED) is 0.0567. The molecule has 0 aliphatic carbocycles. The number of Topliss-reactive ketones (excluding diaryl/α,β-unsaturated/α-hetero) is 1. The normalized spacial score (nSPS) is 14.7. The lowest BCUT2D eigenvalue weighted by Gasteiger charge is -2.23. The molecule has 0 aliphatic heterocycles.